The second kappa shape index (κ2) is 6.20. The van der Waals surface area contributed by atoms with Crippen LogP contribution in [0.15, 0.2) is 36.4 Å². The maximum Gasteiger partial charge on any atom is 0.127 e. The summed E-state index contributed by atoms with van der Waals surface area (Å²) in [4.78, 5) is 6.20. The van der Waals surface area contributed by atoms with Gasteiger partial charge < -0.3 is 5.73 Å². The van der Waals surface area contributed by atoms with Crippen molar-refractivity contribution in [2.45, 2.75) is 19.5 Å². The molecule has 106 valence electrons. The molecular weight excluding hydrogens is 277 g/mol. The van der Waals surface area contributed by atoms with Gasteiger partial charge in [-0.1, -0.05) is 29.8 Å². The van der Waals surface area contributed by atoms with Crippen molar-refractivity contribution in [2.24, 2.45) is 0 Å². The van der Waals surface area contributed by atoms with Crippen LogP contribution in [0.25, 0.3) is 0 Å². The van der Waals surface area contributed by atoms with Crippen LogP contribution in [0.3, 0.4) is 0 Å². The van der Waals surface area contributed by atoms with Crippen LogP contribution in [0.2, 0.25) is 5.02 Å². The fraction of sp³-hybridized carbons (Fsp3) is 0.267. The summed E-state index contributed by atoms with van der Waals surface area (Å²) >= 11 is 6.10. The molecule has 0 radical (unpaired) electrons. The molecule has 0 amide bonds. The van der Waals surface area contributed by atoms with E-state index < -0.39 is 0 Å². The molecule has 1 atom stereocenters. The zero-order chi connectivity index (χ0) is 14.7. The molecular formula is C15H17ClFN3. The molecule has 1 heterocycles. The van der Waals surface area contributed by atoms with E-state index >= 15 is 0 Å². The first-order valence-corrected chi connectivity index (χ1v) is 6.72. The number of rotatable bonds is 4. The van der Waals surface area contributed by atoms with Crippen molar-refractivity contribution >= 4 is 17.4 Å². The van der Waals surface area contributed by atoms with Gasteiger partial charge in [-0.2, -0.15) is 0 Å². The predicted molar refractivity (Wildman–Crippen MR) is 79.9 cm³/mol. The number of hydrogen-bond donors (Lipinski definition) is 1. The SMILES string of the molecule is CC(c1ccccc1F)N(C)Cc1nc(N)ccc1Cl. The van der Waals surface area contributed by atoms with Gasteiger partial charge in [0.25, 0.3) is 0 Å². The van der Waals surface area contributed by atoms with E-state index in [1.807, 2.05) is 24.9 Å². The van der Waals surface area contributed by atoms with E-state index in [0.717, 1.165) is 0 Å². The van der Waals surface area contributed by atoms with Crippen LogP contribution >= 0.6 is 11.6 Å². The Morgan fingerprint density at radius 1 is 1.30 bits per heavy atom. The molecule has 20 heavy (non-hydrogen) atoms. The minimum Gasteiger partial charge on any atom is -0.384 e. The van der Waals surface area contributed by atoms with Crippen LogP contribution in [0.4, 0.5) is 10.2 Å². The zero-order valence-corrected chi connectivity index (χ0v) is 12.2. The van der Waals surface area contributed by atoms with E-state index in [9.17, 15) is 4.39 Å². The average molecular weight is 294 g/mol. The molecule has 0 fully saturated rings. The quantitative estimate of drug-likeness (QED) is 0.935. The molecule has 0 bridgehead atoms. The molecule has 2 N–H and O–H groups in total. The zero-order valence-electron chi connectivity index (χ0n) is 11.5. The van der Waals surface area contributed by atoms with Crippen LogP contribution in [-0.4, -0.2) is 16.9 Å². The van der Waals surface area contributed by atoms with Crippen molar-refractivity contribution in [3.05, 3.63) is 58.5 Å². The standard InChI is InChI=1S/C15H17ClFN3/c1-10(11-5-3-4-6-13(11)17)20(2)9-14-12(16)7-8-15(18)19-14/h3-8,10H,9H2,1-2H3,(H2,18,19). The van der Waals surface area contributed by atoms with Gasteiger partial charge in [0, 0.05) is 18.2 Å². The van der Waals surface area contributed by atoms with Gasteiger partial charge in [0.05, 0.1) is 10.7 Å². The van der Waals surface area contributed by atoms with Gasteiger partial charge in [-0.25, -0.2) is 9.37 Å². The van der Waals surface area contributed by atoms with Crippen molar-refractivity contribution in [3.8, 4) is 0 Å². The average Bonchev–Trinajstić information content (AvgIpc) is 2.42. The molecule has 0 aliphatic rings. The van der Waals surface area contributed by atoms with Crippen molar-refractivity contribution in [1.82, 2.24) is 9.88 Å². The molecule has 2 aromatic rings. The van der Waals surface area contributed by atoms with Gasteiger partial charge in [0.2, 0.25) is 0 Å². The van der Waals surface area contributed by atoms with E-state index in [0.29, 0.717) is 28.6 Å². The lowest BCUT2D eigenvalue weighted by Crippen LogP contribution is -2.23. The van der Waals surface area contributed by atoms with Gasteiger partial charge >= 0.3 is 0 Å². The molecule has 3 nitrogen and oxygen atoms in total. The lowest BCUT2D eigenvalue weighted by atomic mass is 10.1. The van der Waals surface area contributed by atoms with Crippen LogP contribution in [0, 0.1) is 5.82 Å². The minimum atomic E-state index is -0.210. The summed E-state index contributed by atoms with van der Waals surface area (Å²) in [6.45, 7) is 2.44. The molecule has 1 aromatic carbocycles. The van der Waals surface area contributed by atoms with E-state index in [2.05, 4.69) is 4.98 Å². The molecule has 2 rings (SSSR count). The first-order valence-electron chi connectivity index (χ1n) is 6.34. The monoisotopic (exact) mass is 293 g/mol. The first-order chi connectivity index (χ1) is 9.49. The molecule has 0 spiro atoms. The lowest BCUT2D eigenvalue weighted by molar-refractivity contribution is 0.245. The number of anilines is 1. The third kappa shape index (κ3) is 3.26. The number of halogens is 2. The number of nitrogens with zero attached hydrogens (tertiary/aromatic N) is 2. The highest BCUT2D eigenvalue weighted by Crippen LogP contribution is 2.24. The number of benzene rings is 1. The molecule has 1 aromatic heterocycles. The third-order valence-electron chi connectivity index (χ3n) is 3.36. The number of aromatic nitrogens is 1. The van der Waals surface area contributed by atoms with Gasteiger partial charge in [-0.05, 0) is 32.2 Å². The maximum absolute atomic E-state index is 13.8. The molecule has 0 saturated carbocycles. The number of pyridine rings is 1. The summed E-state index contributed by atoms with van der Waals surface area (Å²) in [5, 5.41) is 0.562. The van der Waals surface area contributed by atoms with Gasteiger partial charge in [0.1, 0.15) is 11.6 Å². The van der Waals surface area contributed by atoms with Crippen LogP contribution in [0.5, 0.6) is 0 Å². The summed E-state index contributed by atoms with van der Waals surface area (Å²) in [5.41, 5.74) is 7.01. The van der Waals surface area contributed by atoms with Crippen molar-refractivity contribution < 1.29 is 4.39 Å². The Morgan fingerprint density at radius 2 is 2.00 bits per heavy atom. The Balaban J connectivity index is 2.17. The summed E-state index contributed by atoms with van der Waals surface area (Å²) in [5.74, 6) is 0.217. The second-order valence-electron chi connectivity index (χ2n) is 4.78. The first kappa shape index (κ1) is 14.8. The van der Waals surface area contributed by atoms with E-state index in [1.165, 1.54) is 6.07 Å². The molecule has 1 unspecified atom stereocenters. The fourth-order valence-electron chi connectivity index (χ4n) is 2.04. The Hall–Kier alpha value is -1.65. The Morgan fingerprint density at radius 3 is 2.70 bits per heavy atom. The highest BCUT2D eigenvalue weighted by molar-refractivity contribution is 6.31. The molecule has 0 saturated heterocycles. The van der Waals surface area contributed by atoms with Gasteiger partial charge in [-0.15, -0.1) is 0 Å². The minimum absolute atomic E-state index is 0.0875. The number of nitrogens with two attached hydrogens (primary N) is 1. The number of hydrogen-bond acceptors (Lipinski definition) is 3. The summed E-state index contributed by atoms with van der Waals surface area (Å²) in [6, 6.07) is 10.1. The van der Waals surface area contributed by atoms with E-state index in [4.69, 9.17) is 17.3 Å². The predicted octanol–water partition coefficient (Wildman–Crippen LogP) is 3.65. The van der Waals surface area contributed by atoms with Gasteiger partial charge in [0.15, 0.2) is 0 Å². The Kier molecular flexibility index (Phi) is 4.57. The fourth-order valence-corrected chi connectivity index (χ4v) is 2.20. The van der Waals surface area contributed by atoms with Gasteiger partial charge in [-0.3, -0.25) is 4.90 Å². The topological polar surface area (TPSA) is 42.2 Å². The molecule has 0 aliphatic heterocycles. The van der Waals surface area contributed by atoms with Crippen molar-refractivity contribution in [1.29, 1.82) is 0 Å². The van der Waals surface area contributed by atoms with Crippen molar-refractivity contribution in [3.63, 3.8) is 0 Å². The Labute approximate surface area is 123 Å². The van der Waals surface area contributed by atoms with Crippen molar-refractivity contribution in [2.75, 3.05) is 12.8 Å². The van der Waals surface area contributed by atoms with E-state index in [-0.39, 0.29) is 11.9 Å². The summed E-state index contributed by atoms with van der Waals surface area (Å²) in [7, 11) is 1.90. The third-order valence-corrected chi connectivity index (χ3v) is 3.70. The highest BCUT2D eigenvalue weighted by atomic mass is 35.5. The number of nitrogen functional groups attached to an aromatic ring is 1. The highest BCUT2D eigenvalue weighted by Gasteiger charge is 2.17. The second-order valence-corrected chi connectivity index (χ2v) is 5.18. The Bertz CT molecular complexity index is 603. The van der Waals surface area contributed by atoms with Crippen LogP contribution < -0.4 is 5.73 Å². The normalized spacial score (nSPS) is 12.7. The van der Waals surface area contributed by atoms with Crippen LogP contribution in [-0.2, 0) is 6.54 Å². The molecule has 5 heteroatoms. The smallest absolute Gasteiger partial charge is 0.127 e. The van der Waals surface area contributed by atoms with Crippen LogP contribution in [0.1, 0.15) is 24.2 Å². The molecule has 0 aliphatic carbocycles. The maximum atomic E-state index is 13.8. The van der Waals surface area contributed by atoms with E-state index in [1.54, 1.807) is 24.3 Å². The lowest BCUT2D eigenvalue weighted by Gasteiger charge is -2.25. The largest absolute Gasteiger partial charge is 0.384 e. The summed E-state index contributed by atoms with van der Waals surface area (Å²) in [6.07, 6.45) is 0. The summed E-state index contributed by atoms with van der Waals surface area (Å²) < 4.78 is 13.8.